The molecule has 0 aliphatic carbocycles. The molecule has 0 bridgehead atoms. The van der Waals surface area contributed by atoms with Gasteiger partial charge in [0.15, 0.2) is 0 Å². The van der Waals surface area contributed by atoms with Crippen LogP contribution in [0.1, 0.15) is 48.2 Å². The van der Waals surface area contributed by atoms with Gasteiger partial charge < -0.3 is 9.80 Å². The minimum atomic E-state index is -3.70. The van der Waals surface area contributed by atoms with Crippen LogP contribution in [0.4, 0.5) is 5.69 Å². The van der Waals surface area contributed by atoms with E-state index in [1.54, 1.807) is 17.0 Å². The van der Waals surface area contributed by atoms with Gasteiger partial charge in [0.1, 0.15) is 0 Å². The Kier molecular flexibility index (Phi) is 8.17. The Morgan fingerprint density at radius 2 is 1.70 bits per heavy atom. The highest BCUT2D eigenvalue weighted by atomic mass is 32.2. The van der Waals surface area contributed by atoms with Crippen molar-refractivity contribution in [3.05, 3.63) is 59.2 Å². The summed E-state index contributed by atoms with van der Waals surface area (Å²) in [4.78, 5) is 17.7. The predicted octanol–water partition coefficient (Wildman–Crippen LogP) is 3.90. The van der Waals surface area contributed by atoms with E-state index < -0.39 is 10.0 Å². The van der Waals surface area contributed by atoms with Gasteiger partial charge in [-0.3, -0.25) is 4.79 Å². The van der Waals surface area contributed by atoms with Crippen molar-refractivity contribution in [3.8, 4) is 12.3 Å². The van der Waals surface area contributed by atoms with Gasteiger partial charge in [0.25, 0.3) is 5.91 Å². The van der Waals surface area contributed by atoms with Crippen molar-refractivity contribution in [2.45, 2.75) is 45.1 Å². The summed E-state index contributed by atoms with van der Waals surface area (Å²) in [6, 6.07) is 12.9. The Balaban J connectivity index is 2.05. The largest absolute Gasteiger partial charge is 0.371 e. The zero-order valence-corrected chi connectivity index (χ0v) is 20.6. The Morgan fingerprint density at radius 3 is 2.27 bits per heavy atom. The van der Waals surface area contributed by atoms with Gasteiger partial charge in [-0.1, -0.05) is 49.6 Å². The Hall–Kier alpha value is -2.82. The standard InChI is InChI=1S/C26H33N3O3S/c1-5-16-28(20-22-12-10-21(4)11-13-22)26(30)24-19-23(33(31,32)29(6-2)7-3)14-15-25(24)27-17-8-9-18-27/h1,10-15,19H,6-9,16-18,20H2,2-4H3. The first-order chi connectivity index (χ1) is 15.8. The average molecular weight is 468 g/mol. The van der Waals surface area contributed by atoms with Crippen molar-refractivity contribution in [2.75, 3.05) is 37.6 Å². The van der Waals surface area contributed by atoms with E-state index in [4.69, 9.17) is 6.42 Å². The van der Waals surface area contributed by atoms with Crippen molar-refractivity contribution < 1.29 is 13.2 Å². The molecule has 3 rings (SSSR count). The number of carbonyl (C=O) groups is 1. The number of nitrogens with zero attached hydrogens (tertiary/aromatic N) is 3. The molecule has 7 heteroatoms. The van der Waals surface area contributed by atoms with Gasteiger partial charge in [-0.2, -0.15) is 4.31 Å². The van der Waals surface area contributed by atoms with Gasteiger partial charge in [0.2, 0.25) is 10.0 Å². The van der Waals surface area contributed by atoms with E-state index in [-0.39, 0.29) is 17.3 Å². The highest BCUT2D eigenvalue weighted by Crippen LogP contribution is 2.30. The lowest BCUT2D eigenvalue weighted by Gasteiger charge is -2.27. The lowest BCUT2D eigenvalue weighted by molar-refractivity contribution is 0.0766. The molecule has 1 heterocycles. The Morgan fingerprint density at radius 1 is 1.06 bits per heavy atom. The smallest absolute Gasteiger partial charge is 0.257 e. The number of sulfonamides is 1. The lowest BCUT2D eigenvalue weighted by atomic mass is 10.1. The van der Waals surface area contributed by atoms with E-state index in [1.165, 1.54) is 10.4 Å². The molecule has 0 unspecified atom stereocenters. The summed E-state index contributed by atoms with van der Waals surface area (Å²) in [5, 5.41) is 0. The van der Waals surface area contributed by atoms with Gasteiger partial charge in [-0.15, -0.1) is 6.42 Å². The summed E-state index contributed by atoms with van der Waals surface area (Å²) in [6.45, 7) is 8.54. The van der Waals surface area contributed by atoms with Gasteiger partial charge in [0.05, 0.1) is 17.0 Å². The molecule has 1 fully saturated rings. The van der Waals surface area contributed by atoms with Gasteiger partial charge >= 0.3 is 0 Å². The van der Waals surface area contributed by atoms with E-state index in [0.29, 0.717) is 25.2 Å². The summed E-state index contributed by atoms with van der Waals surface area (Å²) in [7, 11) is -3.70. The van der Waals surface area contributed by atoms with Crippen LogP contribution in [-0.2, 0) is 16.6 Å². The fourth-order valence-electron chi connectivity index (χ4n) is 4.19. The van der Waals surface area contributed by atoms with E-state index in [2.05, 4.69) is 10.8 Å². The third kappa shape index (κ3) is 5.58. The highest BCUT2D eigenvalue weighted by Gasteiger charge is 2.28. The van der Waals surface area contributed by atoms with Gasteiger partial charge in [0, 0.05) is 38.4 Å². The SMILES string of the molecule is C#CCN(Cc1ccc(C)cc1)C(=O)c1cc(S(=O)(=O)N(CC)CC)ccc1N1CCCC1. The summed E-state index contributed by atoms with van der Waals surface area (Å²) in [6.07, 6.45) is 7.69. The van der Waals surface area contributed by atoms with Crippen molar-refractivity contribution in [3.63, 3.8) is 0 Å². The molecule has 0 atom stereocenters. The number of amides is 1. The molecule has 0 radical (unpaired) electrons. The normalized spacial score (nSPS) is 13.8. The lowest BCUT2D eigenvalue weighted by Crippen LogP contribution is -2.34. The van der Waals surface area contributed by atoms with Crippen LogP contribution >= 0.6 is 0 Å². The molecule has 33 heavy (non-hydrogen) atoms. The van der Waals surface area contributed by atoms with Crippen LogP contribution in [0.15, 0.2) is 47.4 Å². The Labute approximate surface area is 198 Å². The molecule has 0 aromatic heterocycles. The second kappa shape index (κ2) is 10.9. The molecule has 2 aromatic carbocycles. The second-order valence-corrected chi connectivity index (χ2v) is 10.3. The van der Waals surface area contributed by atoms with E-state index in [0.717, 1.165) is 42.7 Å². The van der Waals surface area contributed by atoms with Crippen LogP contribution in [0.25, 0.3) is 0 Å². The molecule has 6 nitrogen and oxygen atoms in total. The number of terminal acetylenes is 1. The van der Waals surface area contributed by atoms with Crippen LogP contribution in [-0.4, -0.2) is 56.3 Å². The number of benzene rings is 2. The van der Waals surface area contributed by atoms with Crippen LogP contribution < -0.4 is 4.90 Å². The summed E-state index contributed by atoms with van der Waals surface area (Å²) >= 11 is 0. The summed E-state index contributed by atoms with van der Waals surface area (Å²) in [5.74, 6) is 2.33. The third-order valence-electron chi connectivity index (χ3n) is 6.05. The average Bonchev–Trinajstić information content (AvgIpc) is 3.35. The molecule has 2 aromatic rings. The van der Waals surface area contributed by atoms with Crippen molar-refractivity contribution >= 4 is 21.6 Å². The monoisotopic (exact) mass is 467 g/mol. The van der Waals surface area contributed by atoms with Crippen molar-refractivity contribution in [2.24, 2.45) is 0 Å². The maximum absolute atomic E-state index is 13.8. The molecular formula is C26H33N3O3S. The number of aryl methyl sites for hydroxylation is 1. The van der Waals surface area contributed by atoms with E-state index >= 15 is 0 Å². The molecule has 1 aliphatic rings. The number of hydrogen-bond donors (Lipinski definition) is 0. The number of carbonyl (C=O) groups excluding carboxylic acids is 1. The topological polar surface area (TPSA) is 60.9 Å². The van der Waals surface area contributed by atoms with Crippen LogP contribution in [0.3, 0.4) is 0 Å². The number of hydrogen-bond acceptors (Lipinski definition) is 4. The van der Waals surface area contributed by atoms with Crippen molar-refractivity contribution in [1.82, 2.24) is 9.21 Å². The maximum Gasteiger partial charge on any atom is 0.257 e. The predicted molar refractivity (Wildman–Crippen MR) is 133 cm³/mol. The highest BCUT2D eigenvalue weighted by molar-refractivity contribution is 7.89. The first-order valence-corrected chi connectivity index (χ1v) is 12.9. The number of rotatable bonds is 9. The molecular weight excluding hydrogens is 434 g/mol. The van der Waals surface area contributed by atoms with Gasteiger partial charge in [-0.25, -0.2) is 8.42 Å². The minimum Gasteiger partial charge on any atom is -0.371 e. The molecule has 1 amide bonds. The second-order valence-electron chi connectivity index (χ2n) is 8.31. The van der Waals surface area contributed by atoms with Gasteiger partial charge in [-0.05, 0) is 43.5 Å². The maximum atomic E-state index is 13.8. The van der Waals surface area contributed by atoms with Crippen LogP contribution in [0.2, 0.25) is 0 Å². The zero-order chi connectivity index (χ0) is 24.0. The van der Waals surface area contributed by atoms with E-state index in [1.807, 2.05) is 45.0 Å². The molecule has 176 valence electrons. The third-order valence-corrected chi connectivity index (χ3v) is 8.10. The Bertz CT molecular complexity index is 1110. The zero-order valence-electron chi connectivity index (χ0n) is 19.8. The minimum absolute atomic E-state index is 0.133. The van der Waals surface area contributed by atoms with Crippen LogP contribution in [0, 0.1) is 19.3 Å². The number of anilines is 1. The summed E-state index contributed by atoms with van der Waals surface area (Å²) < 4.78 is 27.8. The molecule has 1 aliphatic heterocycles. The molecule has 0 spiro atoms. The first kappa shape index (κ1) is 24.8. The molecule has 1 saturated heterocycles. The first-order valence-electron chi connectivity index (χ1n) is 11.5. The fraction of sp³-hybridized carbons (Fsp3) is 0.423. The fourth-order valence-corrected chi connectivity index (χ4v) is 5.67. The molecule has 0 saturated carbocycles. The summed E-state index contributed by atoms with van der Waals surface area (Å²) in [5.41, 5.74) is 3.26. The van der Waals surface area contributed by atoms with E-state index in [9.17, 15) is 13.2 Å². The van der Waals surface area contributed by atoms with Crippen molar-refractivity contribution in [1.29, 1.82) is 0 Å². The molecule has 0 N–H and O–H groups in total. The quantitative estimate of drug-likeness (QED) is 0.525. The van der Waals surface area contributed by atoms with Crippen LogP contribution in [0.5, 0.6) is 0 Å².